The molecule has 0 fully saturated rings. The molecule has 0 spiro atoms. The van der Waals surface area contributed by atoms with Crippen molar-refractivity contribution in [1.29, 1.82) is 0 Å². The number of hydrogen-bond donors (Lipinski definition) is 2. The van der Waals surface area contributed by atoms with Gasteiger partial charge in [-0.3, -0.25) is 9.59 Å². The molecule has 0 saturated heterocycles. The zero-order chi connectivity index (χ0) is 17.5. The third-order valence-electron chi connectivity index (χ3n) is 4.60. The third-order valence-corrected chi connectivity index (χ3v) is 4.60. The molecule has 0 amide bonds. The Kier molecular flexibility index (Phi) is 19.4. The summed E-state index contributed by atoms with van der Waals surface area (Å²) >= 11 is 0. The maximum absolute atomic E-state index is 11.1. The average Bonchev–Trinajstić information content (AvgIpc) is 2.50. The Hall–Kier alpha value is -0.0600. The van der Waals surface area contributed by atoms with Crippen molar-refractivity contribution in [1.82, 2.24) is 0 Å². The Bertz CT molecular complexity index is 313. The van der Waals surface area contributed by atoms with Gasteiger partial charge in [0.15, 0.2) is 5.92 Å². The van der Waals surface area contributed by atoms with E-state index in [9.17, 15) is 9.59 Å². The fourth-order valence-electron chi connectivity index (χ4n) is 3.08. The van der Waals surface area contributed by atoms with Crippen LogP contribution in [0.5, 0.6) is 0 Å². The smallest absolute Gasteiger partial charge is 1.00 e. The SMILES string of the molecule is CCCCCCCCCCC(CCCC)CC(C(=O)O)C(=O)O.[H-].[Na+]. The molecule has 0 saturated carbocycles. The average molecular weight is 352 g/mol. The monoisotopic (exact) mass is 352 g/mol. The van der Waals surface area contributed by atoms with Crippen LogP contribution in [0.15, 0.2) is 0 Å². The van der Waals surface area contributed by atoms with Gasteiger partial charge < -0.3 is 11.6 Å². The van der Waals surface area contributed by atoms with Gasteiger partial charge >= 0.3 is 41.5 Å². The van der Waals surface area contributed by atoms with E-state index in [0.717, 1.165) is 32.1 Å². The molecule has 0 aromatic heterocycles. The van der Waals surface area contributed by atoms with Gasteiger partial charge in [-0.1, -0.05) is 90.9 Å². The minimum atomic E-state index is -1.24. The number of unbranched alkanes of at least 4 members (excludes halogenated alkanes) is 8. The summed E-state index contributed by atoms with van der Waals surface area (Å²) in [5.41, 5.74) is 0. The van der Waals surface area contributed by atoms with E-state index in [2.05, 4.69) is 13.8 Å². The Labute approximate surface area is 171 Å². The predicted molar refractivity (Wildman–Crippen MR) is 94.7 cm³/mol. The zero-order valence-electron chi connectivity index (χ0n) is 17.1. The van der Waals surface area contributed by atoms with Gasteiger partial charge in [-0.2, -0.15) is 0 Å². The first kappa shape index (κ1) is 26.2. The van der Waals surface area contributed by atoms with E-state index in [4.69, 9.17) is 10.2 Å². The van der Waals surface area contributed by atoms with Crippen molar-refractivity contribution in [2.45, 2.75) is 97.3 Å². The molecule has 4 nitrogen and oxygen atoms in total. The van der Waals surface area contributed by atoms with Crippen LogP contribution in [0, 0.1) is 11.8 Å². The van der Waals surface area contributed by atoms with Crippen molar-refractivity contribution in [2.24, 2.45) is 11.8 Å². The van der Waals surface area contributed by atoms with E-state index in [1.165, 1.54) is 44.9 Å². The van der Waals surface area contributed by atoms with Crippen LogP contribution >= 0.6 is 0 Å². The minimum absolute atomic E-state index is 0. The first-order valence-corrected chi connectivity index (χ1v) is 9.48. The second-order valence-corrected chi connectivity index (χ2v) is 6.74. The van der Waals surface area contributed by atoms with Crippen LogP contribution in [-0.4, -0.2) is 22.2 Å². The molecule has 0 aromatic carbocycles. The fourth-order valence-corrected chi connectivity index (χ4v) is 3.08. The number of rotatable bonds is 16. The van der Waals surface area contributed by atoms with Crippen LogP contribution < -0.4 is 29.6 Å². The zero-order valence-corrected chi connectivity index (χ0v) is 18.1. The van der Waals surface area contributed by atoms with Crippen LogP contribution in [0.4, 0.5) is 0 Å². The Balaban J connectivity index is -0.00000242. The van der Waals surface area contributed by atoms with Crippen molar-refractivity contribution in [3.05, 3.63) is 0 Å². The van der Waals surface area contributed by atoms with Crippen molar-refractivity contribution in [3.8, 4) is 0 Å². The van der Waals surface area contributed by atoms with E-state index in [1.807, 2.05) is 0 Å². The molecule has 5 heteroatoms. The second-order valence-electron chi connectivity index (χ2n) is 6.74. The Morgan fingerprint density at radius 3 is 1.62 bits per heavy atom. The van der Waals surface area contributed by atoms with E-state index in [0.29, 0.717) is 0 Å². The fraction of sp³-hybridized carbons (Fsp3) is 0.895. The van der Waals surface area contributed by atoms with Gasteiger partial charge in [-0.15, -0.1) is 0 Å². The van der Waals surface area contributed by atoms with E-state index in [-0.39, 0.29) is 43.3 Å². The molecule has 0 bridgehead atoms. The topological polar surface area (TPSA) is 74.6 Å². The molecule has 0 aliphatic carbocycles. The molecule has 1 unspecified atom stereocenters. The van der Waals surface area contributed by atoms with Crippen LogP contribution in [0.2, 0.25) is 0 Å². The summed E-state index contributed by atoms with van der Waals surface area (Å²) in [7, 11) is 0. The number of hydrogen-bond acceptors (Lipinski definition) is 2. The molecule has 138 valence electrons. The first-order chi connectivity index (χ1) is 11.0. The molecule has 0 aliphatic heterocycles. The van der Waals surface area contributed by atoms with Crippen LogP contribution in [0.3, 0.4) is 0 Å². The quantitative estimate of drug-likeness (QED) is 0.254. The van der Waals surface area contributed by atoms with Gasteiger partial charge in [0.1, 0.15) is 0 Å². The number of carbonyl (C=O) groups is 2. The number of carboxylic acids is 2. The van der Waals surface area contributed by atoms with E-state index in [1.54, 1.807) is 0 Å². The van der Waals surface area contributed by atoms with Crippen LogP contribution in [-0.2, 0) is 9.59 Å². The summed E-state index contributed by atoms with van der Waals surface area (Å²) in [6.45, 7) is 4.33. The Morgan fingerprint density at radius 2 is 1.17 bits per heavy atom. The van der Waals surface area contributed by atoms with Crippen molar-refractivity contribution < 1.29 is 50.8 Å². The standard InChI is InChI=1S/C19H36O4.Na.H/c1-3-5-7-8-9-10-11-12-14-16(13-6-4-2)15-17(18(20)21)19(22)23;;/h16-17H,3-15H2,1-2H3,(H,20,21)(H,22,23);;/q;+1;-1. The summed E-state index contributed by atoms with van der Waals surface area (Å²) in [6.07, 6.45) is 14.3. The molecule has 0 rings (SSSR count). The van der Waals surface area contributed by atoms with Crippen molar-refractivity contribution in [3.63, 3.8) is 0 Å². The summed E-state index contributed by atoms with van der Waals surface area (Å²) in [4.78, 5) is 22.1. The summed E-state index contributed by atoms with van der Waals surface area (Å²) in [6, 6.07) is 0. The normalized spacial score (nSPS) is 12.0. The van der Waals surface area contributed by atoms with Gasteiger partial charge in [-0.25, -0.2) is 0 Å². The van der Waals surface area contributed by atoms with Gasteiger partial charge in [-0.05, 0) is 12.3 Å². The molecule has 0 aromatic rings. The molecular formula is C19H37NaO4. The maximum atomic E-state index is 11.1. The number of carboxylic acid groups (broad SMARTS) is 2. The summed E-state index contributed by atoms with van der Waals surface area (Å²) in [5.74, 6) is -3.41. The van der Waals surface area contributed by atoms with E-state index < -0.39 is 17.9 Å². The van der Waals surface area contributed by atoms with Crippen LogP contribution in [0.1, 0.15) is 98.7 Å². The second kappa shape index (κ2) is 17.8. The molecule has 2 N–H and O–H groups in total. The first-order valence-electron chi connectivity index (χ1n) is 9.48. The van der Waals surface area contributed by atoms with Gasteiger partial charge in [0, 0.05) is 0 Å². The molecular weight excluding hydrogens is 315 g/mol. The van der Waals surface area contributed by atoms with Gasteiger partial charge in [0.25, 0.3) is 0 Å². The Morgan fingerprint density at radius 1 is 0.750 bits per heavy atom. The summed E-state index contributed by atoms with van der Waals surface area (Å²) in [5, 5.41) is 18.1. The van der Waals surface area contributed by atoms with Gasteiger partial charge in [0.2, 0.25) is 0 Å². The molecule has 1 atom stereocenters. The molecule has 0 aliphatic rings. The maximum Gasteiger partial charge on any atom is 1.00 e. The molecule has 0 heterocycles. The molecule has 24 heavy (non-hydrogen) atoms. The molecule has 0 radical (unpaired) electrons. The minimum Gasteiger partial charge on any atom is -1.00 e. The van der Waals surface area contributed by atoms with Crippen LogP contribution in [0.25, 0.3) is 0 Å². The van der Waals surface area contributed by atoms with Crippen molar-refractivity contribution >= 4 is 11.9 Å². The third kappa shape index (κ3) is 14.3. The predicted octanol–water partition coefficient (Wildman–Crippen LogP) is 2.62. The van der Waals surface area contributed by atoms with Crippen molar-refractivity contribution in [2.75, 3.05) is 0 Å². The van der Waals surface area contributed by atoms with Gasteiger partial charge in [0.05, 0.1) is 0 Å². The largest absolute Gasteiger partial charge is 1.00 e. The number of aliphatic carboxylic acids is 2. The summed E-state index contributed by atoms with van der Waals surface area (Å²) < 4.78 is 0. The van der Waals surface area contributed by atoms with E-state index >= 15 is 0 Å².